The molecule has 11 rings (SSSR count). The molecule has 0 fully saturated rings. The van der Waals surface area contributed by atoms with E-state index in [0.717, 1.165) is 5.69 Å². The molecule has 0 aliphatic rings. The van der Waals surface area contributed by atoms with E-state index in [1.165, 1.54) is 99.7 Å². The van der Waals surface area contributed by atoms with Gasteiger partial charge in [-0.2, -0.15) is 0 Å². The summed E-state index contributed by atoms with van der Waals surface area (Å²) < 4.78 is 2.50. The van der Waals surface area contributed by atoms with Gasteiger partial charge in [-0.3, -0.25) is 0 Å². The molecule has 0 unspecified atom stereocenters. The molecule has 11 aromatic rings. The molecule has 0 saturated carbocycles. The summed E-state index contributed by atoms with van der Waals surface area (Å²) in [5.41, 5.74) is 20.2. The summed E-state index contributed by atoms with van der Waals surface area (Å²) >= 11 is 0. The van der Waals surface area contributed by atoms with Gasteiger partial charge in [0.1, 0.15) is 0 Å². The van der Waals surface area contributed by atoms with Crippen LogP contribution in [-0.2, 0) is 0 Å². The van der Waals surface area contributed by atoms with E-state index in [4.69, 9.17) is 0 Å². The predicted octanol–water partition coefficient (Wildman–Crippen LogP) is 16.5. The zero-order valence-corrected chi connectivity index (χ0v) is 33.6. The summed E-state index contributed by atoms with van der Waals surface area (Å²) in [6.45, 7) is 0. The number of fused-ring (bicyclic) bond motifs is 3. The quantitative estimate of drug-likeness (QED) is 0.145. The molecule has 1 nitrogen and oxygen atoms in total. The van der Waals surface area contributed by atoms with Crippen LogP contribution in [0.25, 0.3) is 105 Å². The van der Waals surface area contributed by atoms with E-state index in [1.807, 2.05) is 0 Å². The van der Waals surface area contributed by atoms with E-state index in [1.54, 1.807) is 0 Å². The van der Waals surface area contributed by atoms with Gasteiger partial charge < -0.3 is 4.57 Å². The molecule has 0 aliphatic heterocycles. The Kier molecular flexibility index (Phi) is 9.26. The first kappa shape index (κ1) is 36.1. The predicted molar refractivity (Wildman–Crippen MR) is 259 cm³/mol. The first-order valence-corrected chi connectivity index (χ1v) is 21.0. The Balaban J connectivity index is 1.21. The van der Waals surface area contributed by atoms with Crippen LogP contribution >= 0.6 is 0 Å². The first-order chi connectivity index (χ1) is 30.2. The third kappa shape index (κ3) is 6.93. The minimum Gasteiger partial charge on any atom is -0.309 e. The van der Waals surface area contributed by atoms with Crippen LogP contribution in [0.4, 0.5) is 0 Å². The van der Waals surface area contributed by atoms with Crippen molar-refractivity contribution in [1.82, 2.24) is 4.57 Å². The molecule has 0 spiro atoms. The SMILES string of the molecule is c1ccc(-c2cccc(-c3ccc4c(c3)c3cc(-c5cccc(-c6ccccc6)c5)cc(-c5cccc(-c6ccccc6)c5)c3n4-c3cccc(-c4ccccc4)c3)c2)cc1. The average molecular weight is 776 g/mol. The van der Waals surface area contributed by atoms with Gasteiger partial charge in [0.2, 0.25) is 0 Å². The molecule has 0 atom stereocenters. The summed E-state index contributed by atoms with van der Waals surface area (Å²) in [6, 6.07) is 90.6. The molecule has 0 aliphatic carbocycles. The van der Waals surface area contributed by atoms with Crippen LogP contribution in [0.3, 0.4) is 0 Å². The molecule has 1 heterocycles. The fraction of sp³-hybridized carbons (Fsp3) is 0. The molecule has 10 aromatic carbocycles. The monoisotopic (exact) mass is 775 g/mol. The molecular formula is C60H41N. The third-order valence-corrected chi connectivity index (χ3v) is 12.0. The number of hydrogen-bond acceptors (Lipinski definition) is 0. The standard InChI is InChI=1S/C60H41N/c1-5-17-42(18-6-1)46-25-13-28-49(35-46)52-33-34-59-57(39-52)58-41-54(50-29-14-26-47(36-50)43-19-7-2-8-20-43)40-56(53-31-15-27-48(37-53)44-21-9-3-10-22-44)60(58)61(59)55-32-16-30-51(38-55)45-23-11-4-12-24-45/h1-41H. The van der Waals surface area contributed by atoms with Crippen molar-refractivity contribution >= 4 is 21.8 Å². The Hall–Kier alpha value is -8.00. The fourth-order valence-electron chi connectivity index (χ4n) is 8.95. The number of nitrogens with zero attached hydrogens (tertiary/aromatic N) is 1. The number of hydrogen-bond donors (Lipinski definition) is 0. The third-order valence-electron chi connectivity index (χ3n) is 12.0. The van der Waals surface area contributed by atoms with Crippen molar-refractivity contribution in [3.8, 4) is 83.6 Å². The Morgan fingerprint density at radius 2 is 0.574 bits per heavy atom. The normalized spacial score (nSPS) is 11.3. The van der Waals surface area contributed by atoms with E-state index in [-0.39, 0.29) is 0 Å². The number of rotatable bonds is 8. The van der Waals surface area contributed by atoms with Crippen LogP contribution in [-0.4, -0.2) is 4.57 Å². The Labute approximate surface area is 357 Å². The average Bonchev–Trinajstić information content (AvgIpc) is 3.68. The van der Waals surface area contributed by atoms with E-state index >= 15 is 0 Å². The van der Waals surface area contributed by atoms with Gasteiger partial charge in [0, 0.05) is 22.0 Å². The highest BCUT2D eigenvalue weighted by molar-refractivity contribution is 6.16. The maximum absolute atomic E-state index is 2.50. The van der Waals surface area contributed by atoms with Gasteiger partial charge in [-0.25, -0.2) is 0 Å². The van der Waals surface area contributed by atoms with Crippen LogP contribution in [0, 0.1) is 0 Å². The van der Waals surface area contributed by atoms with Gasteiger partial charge >= 0.3 is 0 Å². The Bertz CT molecular complexity index is 3330. The van der Waals surface area contributed by atoms with Crippen LogP contribution in [0.15, 0.2) is 249 Å². The smallest absolute Gasteiger partial charge is 0.0619 e. The van der Waals surface area contributed by atoms with Crippen LogP contribution < -0.4 is 0 Å². The topological polar surface area (TPSA) is 4.93 Å². The van der Waals surface area contributed by atoms with Gasteiger partial charge in [-0.05, 0) is 127 Å². The lowest BCUT2D eigenvalue weighted by atomic mass is 9.92. The molecule has 1 heteroatoms. The zero-order chi connectivity index (χ0) is 40.5. The maximum atomic E-state index is 2.50. The van der Waals surface area contributed by atoms with Gasteiger partial charge in [-0.15, -0.1) is 0 Å². The van der Waals surface area contributed by atoms with E-state index in [2.05, 4.69) is 253 Å². The van der Waals surface area contributed by atoms with Crippen molar-refractivity contribution < 1.29 is 0 Å². The molecule has 0 amide bonds. The van der Waals surface area contributed by atoms with Gasteiger partial charge in [0.05, 0.1) is 11.0 Å². The second-order valence-corrected chi connectivity index (χ2v) is 15.7. The molecule has 0 radical (unpaired) electrons. The fourth-order valence-corrected chi connectivity index (χ4v) is 8.95. The van der Waals surface area contributed by atoms with E-state index in [0.29, 0.717) is 0 Å². The van der Waals surface area contributed by atoms with Crippen molar-refractivity contribution in [3.63, 3.8) is 0 Å². The Morgan fingerprint density at radius 1 is 0.213 bits per heavy atom. The van der Waals surface area contributed by atoms with Crippen LogP contribution in [0.1, 0.15) is 0 Å². The summed E-state index contributed by atoms with van der Waals surface area (Å²) in [4.78, 5) is 0. The largest absolute Gasteiger partial charge is 0.309 e. The number of aromatic nitrogens is 1. The molecule has 0 N–H and O–H groups in total. The molecule has 0 saturated heterocycles. The molecular weight excluding hydrogens is 735 g/mol. The van der Waals surface area contributed by atoms with Crippen LogP contribution in [0.2, 0.25) is 0 Å². The zero-order valence-electron chi connectivity index (χ0n) is 33.6. The second-order valence-electron chi connectivity index (χ2n) is 15.7. The summed E-state index contributed by atoms with van der Waals surface area (Å²) in [5.74, 6) is 0. The number of benzene rings is 10. The van der Waals surface area contributed by atoms with Crippen molar-refractivity contribution in [2.24, 2.45) is 0 Å². The van der Waals surface area contributed by atoms with Gasteiger partial charge in [0.15, 0.2) is 0 Å². The van der Waals surface area contributed by atoms with E-state index in [9.17, 15) is 0 Å². The van der Waals surface area contributed by atoms with Gasteiger partial charge in [-0.1, -0.05) is 194 Å². The van der Waals surface area contributed by atoms with Gasteiger partial charge in [0.25, 0.3) is 0 Å². The van der Waals surface area contributed by atoms with E-state index < -0.39 is 0 Å². The lowest BCUT2D eigenvalue weighted by Crippen LogP contribution is -1.97. The van der Waals surface area contributed by atoms with Crippen molar-refractivity contribution in [2.75, 3.05) is 0 Å². The summed E-state index contributed by atoms with van der Waals surface area (Å²) in [6.07, 6.45) is 0. The molecule has 0 bridgehead atoms. The lowest BCUT2D eigenvalue weighted by molar-refractivity contribution is 1.18. The highest BCUT2D eigenvalue weighted by Gasteiger charge is 2.21. The molecule has 1 aromatic heterocycles. The van der Waals surface area contributed by atoms with Crippen molar-refractivity contribution in [2.45, 2.75) is 0 Å². The summed E-state index contributed by atoms with van der Waals surface area (Å²) in [5, 5.41) is 2.42. The summed E-state index contributed by atoms with van der Waals surface area (Å²) in [7, 11) is 0. The first-order valence-electron chi connectivity index (χ1n) is 21.0. The molecule has 286 valence electrons. The van der Waals surface area contributed by atoms with Crippen molar-refractivity contribution in [3.05, 3.63) is 249 Å². The maximum Gasteiger partial charge on any atom is 0.0619 e. The molecule has 61 heavy (non-hydrogen) atoms. The Morgan fingerprint density at radius 3 is 1.08 bits per heavy atom. The highest BCUT2D eigenvalue weighted by Crippen LogP contribution is 2.44. The van der Waals surface area contributed by atoms with Crippen LogP contribution in [0.5, 0.6) is 0 Å². The second kappa shape index (κ2) is 15.6. The minimum atomic E-state index is 1.12. The minimum absolute atomic E-state index is 1.12. The lowest BCUT2D eigenvalue weighted by Gasteiger charge is -2.16. The van der Waals surface area contributed by atoms with Crippen molar-refractivity contribution in [1.29, 1.82) is 0 Å². The highest BCUT2D eigenvalue weighted by atomic mass is 15.0.